The first-order chi connectivity index (χ1) is 9.94. The number of non-ortho nitro benzene ring substituents is 1. The lowest BCUT2D eigenvalue weighted by Crippen LogP contribution is -2.17. The fourth-order valence-electron chi connectivity index (χ4n) is 1.61. The highest BCUT2D eigenvalue weighted by Crippen LogP contribution is 2.27. The van der Waals surface area contributed by atoms with Crippen LogP contribution in [0.4, 0.5) is 17.1 Å². The van der Waals surface area contributed by atoms with Gasteiger partial charge in [0.25, 0.3) is 15.7 Å². The van der Waals surface area contributed by atoms with Gasteiger partial charge in [0.05, 0.1) is 22.5 Å². The summed E-state index contributed by atoms with van der Waals surface area (Å²) in [5.41, 5.74) is 2.05. The summed E-state index contributed by atoms with van der Waals surface area (Å²) in [5, 5.41) is 10.7. The zero-order chi connectivity index (χ0) is 15.5. The second-order valence-corrected chi connectivity index (χ2v) is 5.58. The second-order valence-electron chi connectivity index (χ2n) is 3.93. The van der Waals surface area contributed by atoms with Gasteiger partial charge in [-0.05, 0) is 18.2 Å². The summed E-state index contributed by atoms with van der Waals surface area (Å²) in [5.74, 6) is 5.23. The van der Waals surface area contributed by atoms with E-state index in [0.717, 1.165) is 18.2 Å². The number of nitrogen functional groups attached to an aromatic ring is 1. The number of pyridine rings is 1. The first kappa shape index (κ1) is 14.7. The molecule has 0 fully saturated rings. The van der Waals surface area contributed by atoms with Crippen molar-refractivity contribution in [3.05, 3.63) is 52.8 Å². The first-order valence-electron chi connectivity index (χ1n) is 5.62. The minimum absolute atomic E-state index is 0.0828. The van der Waals surface area contributed by atoms with Gasteiger partial charge in [0.15, 0.2) is 0 Å². The number of nitro benzene ring substituents is 1. The van der Waals surface area contributed by atoms with E-state index in [2.05, 4.69) is 15.1 Å². The van der Waals surface area contributed by atoms with Gasteiger partial charge >= 0.3 is 0 Å². The number of hydrogen-bond acceptors (Lipinski definition) is 7. The molecule has 0 amide bonds. The molecule has 1 aromatic heterocycles. The molecule has 1 heterocycles. The number of anilines is 2. The van der Waals surface area contributed by atoms with Crippen molar-refractivity contribution in [3.8, 4) is 0 Å². The molecule has 0 spiro atoms. The number of nitrogens with zero attached hydrogens (tertiary/aromatic N) is 2. The van der Waals surface area contributed by atoms with Gasteiger partial charge in [-0.3, -0.25) is 25.7 Å². The fraction of sp³-hybridized carbons (Fsp3) is 0. The number of benzene rings is 1. The van der Waals surface area contributed by atoms with Crippen molar-refractivity contribution in [2.75, 3.05) is 10.1 Å². The molecular weight excluding hydrogens is 298 g/mol. The van der Waals surface area contributed by atoms with Crippen LogP contribution in [0.25, 0.3) is 0 Å². The highest BCUT2D eigenvalue weighted by atomic mass is 32.2. The summed E-state index contributed by atoms with van der Waals surface area (Å²) < 4.78 is 26.8. The van der Waals surface area contributed by atoms with E-state index in [1.54, 1.807) is 6.07 Å². The van der Waals surface area contributed by atoms with Crippen molar-refractivity contribution in [1.82, 2.24) is 4.98 Å². The molecule has 0 atom stereocenters. The standard InChI is InChI=1S/C11H11N5O4S/c12-14-10-6-9(16(17)18)3-4-11(10)21(19,20)15-8-2-1-5-13-7-8/h1-7,14-15H,12H2. The van der Waals surface area contributed by atoms with Crippen molar-refractivity contribution in [3.63, 3.8) is 0 Å². The minimum atomic E-state index is -3.95. The molecule has 0 aliphatic rings. The second kappa shape index (κ2) is 5.73. The Morgan fingerprint density at radius 3 is 2.62 bits per heavy atom. The molecule has 0 unspecified atom stereocenters. The van der Waals surface area contributed by atoms with Gasteiger partial charge in [0, 0.05) is 18.3 Å². The van der Waals surface area contributed by atoms with E-state index >= 15 is 0 Å². The lowest BCUT2D eigenvalue weighted by molar-refractivity contribution is -0.384. The van der Waals surface area contributed by atoms with E-state index in [9.17, 15) is 18.5 Å². The summed E-state index contributed by atoms with van der Waals surface area (Å²) in [6.45, 7) is 0. The molecule has 21 heavy (non-hydrogen) atoms. The maximum absolute atomic E-state index is 12.3. The Kier molecular flexibility index (Phi) is 4.00. The van der Waals surface area contributed by atoms with E-state index in [0.29, 0.717) is 0 Å². The molecule has 10 heteroatoms. The van der Waals surface area contributed by atoms with Gasteiger partial charge in [0.2, 0.25) is 0 Å². The van der Waals surface area contributed by atoms with Gasteiger partial charge in [0.1, 0.15) is 4.90 Å². The van der Waals surface area contributed by atoms with E-state index in [4.69, 9.17) is 5.84 Å². The van der Waals surface area contributed by atoms with Crippen LogP contribution in [0.2, 0.25) is 0 Å². The Labute approximate surface area is 120 Å². The summed E-state index contributed by atoms with van der Waals surface area (Å²) in [7, 11) is -3.95. The van der Waals surface area contributed by atoms with Crippen LogP contribution in [-0.2, 0) is 10.0 Å². The molecule has 0 radical (unpaired) electrons. The number of hydrazine groups is 1. The number of nitro groups is 1. The molecule has 0 bridgehead atoms. The molecule has 1 aromatic carbocycles. The van der Waals surface area contributed by atoms with Crippen molar-refractivity contribution >= 4 is 27.1 Å². The molecule has 4 N–H and O–H groups in total. The molecule has 0 aliphatic heterocycles. The zero-order valence-corrected chi connectivity index (χ0v) is 11.4. The largest absolute Gasteiger partial charge is 0.323 e. The number of nitrogens with one attached hydrogen (secondary N) is 2. The third-order valence-corrected chi connectivity index (χ3v) is 3.97. The molecule has 2 aromatic rings. The van der Waals surface area contributed by atoms with Crippen LogP contribution in [0.1, 0.15) is 0 Å². The lowest BCUT2D eigenvalue weighted by Gasteiger charge is -2.11. The number of hydrogen-bond donors (Lipinski definition) is 3. The highest BCUT2D eigenvalue weighted by Gasteiger charge is 2.21. The van der Waals surface area contributed by atoms with Crippen LogP contribution >= 0.6 is 0 Å². The van der Waals surface area contributed by atoms with Gasteiger partial charge in [-0.15, -0.1) is 0 Å². The average Bonchev–Trinajstić information content (AvgIpc) is 2.47. The Morgan fingerprint density at radius 1 is 1.29 bits per heavy atom. The van der Waals surface area contributed by atoms with Gasteiger partial charge in [-0.25, -0.2) is 8.42 Å². The molecular formula is C11H11N5O4S. The molecule has 110 valence electrons. The summed E-state index contributed by atoms with van der Waals surface area (Å²) >= 11 is 0. The predicted molar refractivity (Wildman–Crippen MR) is 76.0 cm³/mol. The monoisotopic (exact) mass is 309 g/mol. The summed E-state index contributed by atoms with van der Waals surface area (Å²) in [4.78, 5) is 13.6. The van der Waals surface area contributed by atoms with Crippen LogP contribution in [0, 0.1) is 10.1 Å². The summed E-state index contributed by atoms with van der Waals surface area (Å²) in [6, 6.07) is 6.31. The zero-order valence-electron chi connectivity index (χ0n) is 10.6. The van der Waals surface area contributed by atoms with Gasteiger partial charge in [-0.1, -0.05) is 0 Å². The smallest absolute Gasteiger partial charge is 0.271 e. The molecule has 0 saturated carbocycles. The number of rotatable bonds is 5. The van der Waals surface area contributed by atoms with Crippen LogP contribution in [0.3, 0.4) is 0 Å². The molecule has 0 saturated heterocycles. The Balaban J connectivity index is 2.42. The van der Waals surface area contributed by atoms with E-state index < -0.39 is 14.9 Å². The SMILES string of the molecule is NNc1cc([N+](=O)[O-])ccc1S(=O)(=O)Nc1cccnc1. The molecule has 2 rings (SSSR count). The minimum Gasteiger partial charge on any atom is -0.323 e. The first-order valence-corrected chi connectivity index (χ1v) is 7.10. The lowest BCUT2D eigenvalue weighted by atomic mass is 10.3. The van der Waals surface area contributed by atoms with Crippen molar-refractivity contribution < 1.29 is 13.3 Å². The third-order valence-electron chi connectivity index (χ3n) is 2.53. The van der Waals surface area contributed by atoms with E-state index in [1.165, 1.54) is 18.5 Å². The third kappa shape index (κ3) is 3.24. The number of sulfonamides is 1. The topological polar surface area (TPSA) is 140 Å². The van der Waals surface area contributed by atoms with Gasteiger partial charge in [-0.2, -0.15) is 0 Å². The Morgan fingerprint density at radius 2 is 2.05 bits per heavy atom. The molecule has 0 aliphatic carbocycles. The predicted octanol–water partition coefficient (Wildman–Crippen LogP) is 1.08. The maximum atomic E-state index is 12.3. The average molecular weight is 309 g/mol. The van der Waals surface area contributed by atoms with Crippen LogP contribution in [0.5, 0.6) is 0 Å². The normalized spacial score (nSPS) is 10.9. The molecule has 9 nitrogen and oxygen atoms in total. The fourth-order valence-corrected chi connectivity index (χ4v) is 2.81. The van der Waals surface area contributed by atoms with Crippen molar-refractivity contribution in [1.29, 1.82) is 0 Å². The number of nitrogens with two attached hydrogens (primary N) is 1. The van der Waals surface area contributed by atoms with Crippen LogP contribution < -0.4 is 16.0 Å². The van der Waals surface area contributed by atoms with Crippen LogP contribution in [-0.4, -0.2) is 18.3 Å². The number of aromatic nitrogens is 1. The highest BCUT2D eigenvalue weighted by molar-refractivity contribution is 7.92. The Hall–Kier alpha value is -2.72. The Bertz CT molecular complexity index is 763. The maximum Gasteiger partial charge on any atom is 0.271 e. The van der Waals surface area contributed by atoms with E-state index in [1.807, 2.05) is 0 Å². The summed E-state index contributed by atoms with van der Waals surface area (Å²) in [6.07, 6.45) is 2.83. The van der Waals surface area contributed by atoms with Gasteiger partial charge < -0.3 is 5.43 Å². The van der Waals surface area contributed by atoms with Crippen molar-refractivity contribution in [2.24, 2.45) is 5.84 Å². The van der Waals surface area contributed by atoms with E-state index in [-0.39, 0.29) is 22.0 Å². The van der Waals surface area contributed by atoms with Crippen LogP contribution in [0.15, 0.2) is 47.6 Å². The quantitative estimate of drug-likeness (QED) is 0.426. The van der Waals surface area contributed by atoms with Crippen molar-refractivity contribution in [2.45, 2.75) is 4.90 Å².